The van der Waals surface area contributed by atoms with E-state index in [2.05, 4.69) is 10.3 Å². The van der Waals surface area contributed by atoms with E-state index in [1.807, 2.05) is 19.9 Å². The molecule has 0 aliphatic heterocycles. The Kier molecular flexibility index (Phi) is 7.62. The standard InChI is InChI=1S/C20H25N3O5/c1-5-27-16-9-7-14(11-17(16)28-6-2)8-10-18(24)22-19(20(25)26-4)15-12-21-13-23(15)3/h7-13,19H,5-6H2,1-4H3,(H,22,24)/b10-8+. The van der Waals surface area contributed by atoms with Crippen LogP contribution in [0.3, 0.4) is 0 Å². The topological polar surface area (TPSA) is 91.7 Å². The second-order valence-corrected chi connectivity index (χ2v) is 5.80. The molecule has 0 spiro atoms. The van der Waals surface area contributed by atoms with Gasteiger partial charge in [0.15, 0.2) is 17.5 Å². The van der Waals surface area contributed by atoms with Crippen LogP contribution in [-0.2, 0) is 21.4 Å². The second-order valence-electron chi connectivity index (χ2n) is 5.80. The summed E-state index contributed by atoms with van der Waals surface area (Å²) in [5.41, 5.74) is 1.28. The molecule has 2 aromatic rings. The fraction of sp³-hybridized carbons (Fsp3) is 0.350. The number of benzene rings is 1. The summed E-state index contributed by atoms with van der Waals surface area (Å²) in [4.78, 5) is 28.4. The van der Waals surface area contributed by atoms with Crippen molar-refractivity contribution in [3.05, 3.63) is 48.1 Å². The van der Waals surface area contributed by atoms with Gasteiger partial charge in [-0.05, 0) is 37.6 Å². The normalized spacial score (nSPS) is 11.9. The Morgan fingerprint density at radius 2 is 1.93 bits per heavy atom. The molecule has 0 radical (unpaired) electrons. The van der Waals surface area contributed by atoms with Crippen LogP contribution in [0.25, 0.3) is 6.08 Å². The molecule has 2 rings (SSSR count). The molecule has 0 aliphatic rings. The van der Waals surface area contributed by atoms with Crippen molar-refractivity contribution in [2.75, 3.05) is 20.3 Å². The van der Waals surface area contributed by atoms with Gasteiger partial charge in [0.25, 0.3) is 0 Å². The van der Waals surface area contributed by atoms with Crippen molar-refractivity contribution in [2.45, 2.75) is 19.9 Å². The maximum absolute atomic E-state index is 12.3. The molecular formula is C20H25N3O5. The quantitative estimate of drug-likeness (QED) is 0.524. The lowest BCUT2D eigenvalue weighted by Crippen LogP contribution is -2.34. The summed E-state index contributed by atoms with van der Waals surface area (Å²) in [5.74, 6) is 0.232. The average molecular weight is 387 g/mol. The fourth-order valence-electron chi connectivity index (χ4n) is 2.55. The van der Waals surface area contributed by atoms with Crippen molar-refractivity contribution < 1.29 is 23.8 Å². The summed E-state index contributed by atoms with van der Waals surface area (Å²) >= 11 is 0. The molecule has 1 atom stereocenters. The van der Waals surface area contributed by atoms with Crippen molar-refractivity contribution >= 4 is 18.0 Å². The SMILES string of the molecule is CCOc1ccc(/C=C/C(=O)NC(C(=O)OC)c2cncn2C)cc1OCC. The smallest absolute Gasteiger partial charge is 0.334 e. The number of imidazole rings is 1. The number of hydrogen-bond acceptors (Lipinski definition) is 6. The van der Waals surface area contributed by atoms with Gasteiger partial charge in [0.05, 0.1) is 38.5 Å². The van der Waals surface area contributed by atoms with Crippen molar-refractivity contribution in [2.24, 2.45) is 7.05 Å². The number of hydrogen-bond donors (Lipinski definition) is 1. The third kappa shape index (κ3) is 5.35. The largest absolute Gasteiger partial charge is 0.490 e. The molecule has 0 saturated heterocycles. The maximum atomic E-state index is 12.3. The van der Waals surface area contributed by atoms with Crippen LogP contribution in [0, 0.1) is 0 Å². The highest BCUT2D eigenvalue weighted by atomic mass is 16.5. The third-order valence-electron chi connectivity index (χ3n) is 3.87. The van der Waals surface area contributed by atoms with E-state index >= 15 is 0 Å². The summed E-state index contributed by atoms with van der Waals surface area (Å²) in [6.07, 6.45) is 6.03. The van der Waals surface area contributed by atoms with E-state index in [-0.39, 0.29) is 0 Å². The summed E-state index contributed by atoms with van der Waals surface area (Å²) in [6.45, 7) is 4.81. The summed E-state index contributed by atoms with van der Waals surface area (Å²) in [7, 11) is 3.00. The number of methoxy groups -OCH3 is 1. The van der Waals surface area contributed by atoms with Gasteiger partial charge >= 0.3 is 5.97 Å². The van der Waals surface area contributed by atoms with E-state index in [9.17, 15) is 9.59 Å². The van der Waals surface area contributed by atoms with E-state index in [1.165, 1.54) is 19.4 Å². The Balaban J connectivity index is 2.14. The van der Waals surface area contributed by atoms with Crippen LogP contribution in [0.15, 0.2) is 36.8 Å². The molecule has 0 fully saturated rings. The maximum Gasteiger partial charge on any atom is 0.334 e. The monoisotopic (exact) mass is 387 g/mol. The lowest BCUT2D eigenvalue weighted by atomic mass is 10.1. The predicted molar refractivity (Wildman–Crippen MR) is 104 cm³/mol. The molecule has 150 valence electrons. The molecule has 0 saturated carbocycles. The van der Waals surface area contributed by atoms with Crippen molar-refractivity contribution in [3.63, 3.8) is 0 Å². The minimum absolute atomic E-state index is 0.441. The highest BCUT2D eigenvalue weighted by Crippen LogP contribution is 2.29. The van der Waals surface area contributed by atoms with Crippen LogP contribution in [0.5, 0.6) is 11.5 Å². The van der Waals surface area contributed by atoms with Gasteiger partial charge in [-0.25, -0.2) is 9.78 Å². The molecule has 28 heavy (non-hydrogen) atoms. The number of rotatable bonds is 9. The zero-order valence-electron chi connectivity index (χ0n) is 16.5. The van der Waals surface area contributed by atoms with E-state index in [1.54, 1.807) is 36.2 Å². The first-order chi connectivity index (χ1) is 13.5. The molecular weight excluding hydrogens is 362 g/mol. The van der Waals surface area contributed by atoms with Gasteiger partial charge in [-0.1, -0.05) is 6.07 Å². The van der Waals surface area contributed by atoms with Gasteiger partial charge < -0.3 is 24.1 Å². The molecule has 0 aliphatic carbocycles. The highest BCUT2D eigenvalue weighted by Gasteiger charge is 2.25. The first kappa shape index (κ1) is 21.0. The number of nitrogens with one attached hydrogen (secondary N) is 1. The molecule has 1 N–H and O–H groups in total. The summed E-state index contributed by atoms with van der Waals surface area (Å²) < 4.78 is 17.5. The first-order valence-corrected chi connectivity index (χ1v) is 8.92. The first-order valence-electron chi connectivity index (χ1n) is 8.92. The summed E-state index contributed by atoms with van der Waals surface area (Å²) in [6, 6.07) is 4.45. The molecule has 1 amide bonds. The Morgan fingerprint density at radius 1 is 1.21 bits per heavy atom. The van der Waals surface area contributed by atoms with E-state index in [4.69, 9.17) is 14.2 Å². The zero-order valence-corrected chi connectivity index (χ0v) is 16.5. The number of carbonyl (C=O) groups is 2. The Labute approximate surface area is 164 Å². The van der Waals surface area contributed by atoms with Gasteiger partial charge in [-0.3, -0.25) is 4.79 Å². The molecule has 0 bridgehead atoms. The Bertz CT molecular complexity index is 844. The molecule has 1 aromatic heterocycles. The van der Waals surface area contributed by atoms with Crippen LogP contribution in [0.2, 0.25) is 0 Å². The van der Waals surface area contributed by atoms with Crippen LogP contribution in [-0.4, -0.2) is 41.8 Å². The third-order valence-corrected chi connectivity index (χ3v) is 3.87. The lowest BCUT2D eigenvalue weighted by Gasteiger charge is -2.15. The molecule has 1 heterocycles. The van der Waals surface area contributed by atoms with Gasteiger partial charge in [0, 0.05) is 13.1 Å². The van der Waals surface area contributed by atoms with Gasteiger partial charge in [0.1, 0.15) is 0 Å². The molecule has 8 heteroatoms. The van der Waals surface area contributed by atoms with Crippen LogP contribution < -0.4 is 14.8 Å². The van der Waals surface area contributed by atoms with Gasteiger partial charge in [-0.2, -0.15) is 0 Å². The number of esters is 1. The molecule has 1 unspecified atom stereocenters. The van der Waals surface area contributed by atoms with E-state index in [0.717, 1.165) is 5.56 Å². The van der Waals surface area contributed by atoms with Crippen molar-refractivity contribution in [1.29, 1.82) is 0 Å². The van der Waals surface area contributed by atoms with Crippen LogP contribution in [0.4, 0.5) is 0 Å². The fourth-order valence-corrected chi connectivity index (χ4v) is 2.55. The number of nitrogens with zero attached hydrogens (tertiary/aromatic N) is 2. The minimum Gasteiger partial charge on any atom is -0.490 e. The predicted octanol–water partition coefficient (Wildman–Crippen LogP) is 2.26. The van der Waals surface area contributed by atoms with E-state index in [0.29, 0.717) is 30.4 Å². The summed E-state index contributed by atoms with van der Waals surface area (Å²) in [5, 5.41) is 2.64. The Morgan fingerprint density at radius 3 is 2.54 bits per heavy atom. The van der Waals surface area contributed by atoms with Crippen LogP contribution >= 0.6 is 0 Å². The Hall–Kier alpha value is -3.29. The van der Waals surface area contributed by atoms with Crippen molar-refractivity contribution in [1.82, 2.24) is 14.9 Å². The van der Waals surface area contributed by atoms with Gasteiger partial charge in [0.2, 0.25) is 5.91 Å². The number of aromatic nitrogens is 2. The number of ether oxygens (including phenoxy) is 3. The van der Waals surface area contributed by atoms with Crippen LogP contribution in [0.1, 0.15) is 31.1 Å². The number of aryl methyl sites for hydroxylation is 1. The average Bonchev–Trinajstić information content (AvgIpc) is 3.11. The number of amides is 1. The van der Waals surface area contributed by atoms with Crippen molar-refractivity contribution in [3.8, 4) is 11.5 Å². The van der Waals surface area contributed by atoms with E-state index < -0.39 is 17.9 Å². The van der Waals surface area contributed by atoms with Gasteiger partial charge in [-0.15, -0.1) is 0 Å². The molecule has 1 aromatic carbocycles. The molecule has 8 nitrogen and oxygen atoms in total. The minimum atomic E-state index is -0.950. The lowest BCUT2D eigenvalue weighted by molar-refractivity contribution is -0.145. The zero-order chi connectivity index (χ0) is 20.5. The number of carbonyl (C=O) groups excluding carboxylic acids is 2. The highest BCUT2D eigenvalue weighted by molar-refractivity contribution is 5.94. The second kappa shape index (κ2) is 10.1.